The normalized spacial score (nSPS) is 17.1. The van der Waals surface area contributed by atoms with E-state index in [4.69, 9.17) is 26.3 Å². The Hall–Kier alpha value is -2.53. The van der Waals surface area contributed by atoms with Gasteiger partial charge in [0.25, 0.3) is 0 Å². The van der Waals surface area contributed by atoms with Crippen LogP contribution in [-0.4, -0.2) is 50.6 Å². The van der Waals surface area contributed by atoms with Crippen LogP contribution in [0.2, 0.25) is 0 Å². The Morgan fingerprint density at radius 1 is 1.39 bits per heavy atom. The van der Waals surface area contributed by atoms with Crippen LogP contribution >= 0.6 is 0 Å². The average molecular weight is 444 g/mol. The lowest BCUT2D eigenvalue weighted by atomic mass is 10.0. The van der Waals surface area contributed by atoms with Crippen LogP contribution in [0.4, 0.5) is 5.82 Å². The van der Waals surface area contributed by atoms with Gasteiger partial charge in [-0.05, 0) is 43.9 Å². The van der Waals surface area contributed by atoms with Crippen molar-refractivity contribution in [3.8, 4) is 0 Å². The van der Waals surface area contributed by atoms with Crippen LogP contribution in [-0.2, 0) is 22.6 Å². The Kier molecular flexibility index (Phi) is 6.24. The number of allylic oxidation sites excluding steroid dienone is 1. The number of hydrazine groups is 1. The van der Waals surface area contributed by atoms with Crippen molar-refractivity contribution in [2.24, 2.45) is 17.5 Å². The fourth-order valence-corrected chi connectivity index (χ4v) is 4.64. The predicted octanol–water partition coefficient (Wildman–Crippen LogP) is 2.17. The smallest absolute Gasteiger partial charge is 0.172 e. The molecule has 9 nitrogen and oxygen atoms in total. The van der Waals surface area contributed by atoms with E-state index in [1.807, 2.05) is 19.1 Å². The van der Waals surface area contributed by atoms with Crippen LogP contribution in [0.5, 0.6) is 0 Å². The molecule has 0 amide bonds. The topological polar surface area (TPSA) is 130 Å². The van der Waals surface area contributed by atoms with Gasteiger partial charge in [0.05, 0.1) is 28.1 Å². The standard InChI is InChI=1S/C21H29N7O2S/c1-13(22)20(27(2)23)15-10-17-19(24-11-15)16-4-5-18(26-31(3)29)25-21(16)28(17)12-14-6-8-30-9-7-14/h4-5,10-11,14H,6-9,12,22-23H2,1-3H3,(H,25,26)/b20-13-. The lowest BCUT2D eigenvalue weighted by Crippen LogP contribution is -2.26. The van der Waals surface area contributed by atoms with E-state index in [9.17, 15) is 4.55 Å². The van der Waals surface area contributed by atoms with Crippen LogP contribution in [0, 0.1) is 5.92 Å². The predicted molar refractivity (Wildman–Crippen MR) is 125 cm³/mol. The van der Waals surface area contributed by atoms with Gasteiger partial charge in [-0.2, -0.15) is 4.72 Å². The molecule has 3 aromatic heterocycles. The molecule has 31 heavy (non-hydrogen) atoms. The minimum atomic E-state index is -1.20. The second kappa shape index (κ2) is 8.91. The SMILES string of the molecule is C/C(N)=C(\c1cnc2c3ccc(N[S+](C)[O-])nc3n(CC3CCOCC3)c2c1)N(C)N. The Balaban J connectivity index is 1.91. The summed E-state index contributed by atoms with van der Waals surface area (Å²) in [6.45, 7) is 4.18. The zero-order valence-corrected chi connectivity index (χ0v) is 18.9. The van der Waals surface area contributed by atoms with Crippen molar-refractivity contribution in [3.63, 3.8) is 0 Å². The summed E-state index contributed by atoms with van der Waals surface area (Å²) in [6.07, 6.45) is 5.39. The molecule has 4 rings (SSSR count). The first-order valence-electron chi connectivity index (χ1n) is 10.3. The third-order valence-electron chi connectivity index (χ3n) is 5.57. The molecule has 166 valence electrons. The first-order chi connectivity index (χ1) is 14.8. The zero-order chi connectivity index (χ0) is 22.1. The van der Waals surface area contributed by atoms with Crippen molar-refractivity contribution in [2.75, 3.05) is 31.2 Å². The molecule has 0 saturated carbocycles. The highest BCUT2D eigenvalue weighted by molar-refractivity contribution is 7.92. The van der Waals surface area contributed by atoms with Crippen molar-refractivity contribution >= 4 is 44.9 Å². The maximum Gasteiger partial charge on any atom is 0.172 e. The Morgan fingerprint density at radius 2 is 2.13 bits per heavy atom. The molecule has 3 aromatic rings. The van der Waals surface area contributed by atoms with Gasteiger partial charge >= 0.3 is 0 Å². The molecule has 1 saturated heterocycles. The summed E-state index contributed by atoms with van der Waals surface area (Å²) in [5, 5.41) is 2.47. The minimum absolute atomic E-state index is 0.485. The Morgan fingerprint density at radius 3 is 2.77 bits per heavy atom. The van der Waals surface area contributed by atoms with E-state index in [0.717, 1.165) is 65.9 Å². The van der Waals surface area contributed by atoms with E-state index in [1.54, 1.807) is 19.5 Å². The Labute approximate surface area is 184 Å². The van der Waals surface area contributed by atoms with E-state index in [-0.39, 0.29) is 0 Å². The van der Waals surface area contributed by atoms with Crippen molar-refractivity contribution in [1.29, 1.82) is 0 Å². The highest BCUT2D eigenvalue weighted by Gasteiger charge is 2.21. The van der Waals surface area contributed by atoms with Gasteiger partial charge in [0, 0.05) is 49.6 Å². The van der Waals surface area contributed by atoms with Crippen molar-refractivity contribution in [3.05, 3.63) is 35.7 Å². The van der Waals surface area contributed by atoms with E-state index >= 15 is 0 Å². The number of pyridine rings is 2. The number of anilines is 1. The van der Waals surface area contributed by atoms with Crippen LogP contribution in [0.25, 0.3) is 27.8 Å². The number of rotatable bonds is 6. The molecule has 5 N–H and O–H groups in total. The third kappa shape index (κ3) is 4.42. The first-order valence-corrected chi connectivity index (χ1v) is 11.8. The second-order valence-corrected chi connectivity index (χ2v) is 9.14. The van der Waals surface area contributed by atoms with Crippen LogP contribution in [0.3, 0.4) is 0 Å². The number of aromatic nitrogens is 3. The van der Waals surface area contributed by atoms with Gasteiger partial charge in [-0.1, -0.05) is 0 Å². The molecule has 0 radical (unpaired) electrons. The largest absolute Gasteiger partial charge is 0.593 e. The summed E-state index contributed by atoms with van der Waals surface area (Å²) in [5.74, 6) is 7.10. The molecule has 0 aromatic carbocycles. The minimum Gasteiger partial charge on any atom is -0.593 e. The van der Waals surface area contributed by atoms with Gasteiger partial charge < -0.3 is 24.6 Å². The highest BCUT2D eigenvalue weighted by atomic mass is 32.2. The summed E-state index contributed by atoms with van der Waals surface area (Å²) >= 11 is -1.20. The Bertz CT molecular complexity index is 1120. The third-order valence-corrected chi connectivity index (χ3v) is 6.07. The van der Waals surface area contributed by atoms with E-state index < -0.39 is 11.4 Å². The number of hydrogen-bond donors (Lipinski definition) is 3. The number of ether oxygens (including phenoxy) is 1. The van der Waals surface area contributed by atoms with Crippen LogP contribution < -0.4 is 16.3 Å². The van der Waals surface area contributed by atoms with E-state index in [0.29, 0.717) is 17.4 Å². The maximum atomic E-state index is 11.7. The number of nitrogens with one attached hydrogen (secondary N) is 1. The summed E-state index contributed by atoms with van der Waals surface area (Å²) < 4.78 is 22.3. The molecular weight excluding hydrogens is 414 g/mol. The molecule has 0 spiro atoms. The van der Waals surface area contributed by atoms with E-state index in [2.05, 4.69) is 15.4 Å². The van der Waals surface area contributed by atoms with Gasteiger partial charge in [0.15, 0.2) is 5.82 Å². The number of nitrogens with two attached hydrogens (primary N) is 2. The molecule has 0 bridgehead atoms. The molecular formula is C21H29N7O2S. The molecule has 1 aliphatic heterocycles. The maximum absolute atomic E-state index is 11.7. The average Bonchev–Trinajstić information content (AvgIpc) is 3.00. The second-order valence-electron chi connectivity index (χ2n) is 8.02. The fourth-order valence-electron chi connectivity index (χ4n) is 4.23. The summed E-state index contributed by atoms with van der Waals surface area (Å²) in [5.41, 5.74) is 11.0. The molecule has 4 heterocycles. The molecule has 10 heteroatoms. The van der Waals surface area contributed by atoms with E-state index in [1.165, 1.54) is 5.01 Å². The van der Waals surface area contributed by atoms with Crippen LogP contribution in [0.1, 0.15) is 25.3 Å². The van der Waals surface area contributed by atoms with Gasteiger partial charge in [-0.15, -0.1) is 0 Å². The molecule has 1 aliphatic rings. The summed E-state index contributed by atoms with van der Waals surface area (Å²) in [6, 6.07) is 5.89. The molecule has 1 atom stereocenters. The quantitative estimate of drug-likeness (QED) is 0.300. The van der Waals surface area contributed by atoms with Gasteiger partial charge in [-0.3, -0.25) is 4.98 Å². The fraction of sp³-hybridized carbons (Fsp3) is 0.429. The monoisotopic (exact) mass is 443 g/mol. The van der Waals surface area contributed by atoms with Crippen molar-refractivity contribution in [2.45, 2.75) is 26.3 Å². The molecule has 1 fully saturated rings. The lowest BCUT2D eigenvalue weighted by Gasteiger charge is -2.23. The number of hydrogen-bond acceptors (Lipinski definition) is 8. The number of nitrogens with zero attached hydrogens (tertiary/aromatic N) is 4. The highest BCUT2D eigenvalue weighted by Crippen LogP contribution is 2.32. The van der Waals surface area contributed by atoms with Gasteiger partial charge in [-0.25, -0.2) is 10.8 Å². The zero-order valence-electron chi connectivity index (χ0n) is 18.1. The molecule has 1 unspecified atom stereocenters. The van der Waals surface area contributed by atoms with Crippen molar-refractivity contribution in [1.82, 2.24) is 19.5 Å². The van der Waals surface area contributed by atoms with Crippen molar-refractivity contribution < 1.29 is 9.29 Å². The molecule has 0 aliphatic carbocycles. The van der Waals surface area contributed by atoms with Gasteiger partial charge in [0.2, 0.25) is 0 Å². The van der Waals surface area contributed by atoms with Crippen LogP contribution in [0.15, 0.2) is 30.1 Å². The summed E-state index contributed by atoms with van der Waals surface area (Å²) in [4.78, 5) is 9.54. The number of fused-ring (bicyclic) bond motifs is 3. The first kappa shape index (κ1) is 21.7. The summed E-state index contributed by atoms with van der Waals surface area (Å²) in [7, 11) is 1.76. The lowest BCUT2D eigenvalue weighted by molar-refractivity contribution is 0.0619. The van der Waals surface area contributed by atoms with Gasteiger partial charge in [0.1, 0.15) is 11.9 Å².